The fourth-order valence-corrected chi connectivity index (χ4v) is 9.58. The molecule has 2 aromatic heterocycles. The molecule has 13 nitrogen and oxygen atoms in total. The van der Waals surface area contributed by atoms with Crippen molar-refractivity contribution >= 4 is 93.5 Å². The molecule has 0 unspecified atom stereocenters. The molecule has 0 saturated carbocycles. The van der Waals surface area contributed by atoms with Gasteiger partial charge in [0.1, 0.15) is 0 Å². The van der Waals surface area contributed by atoms with E-state index in [9.17, 15) is 26.9 Å². The van der Waals surface area contributed by atoms with Crippen LogP contribution in [0, 0.1) is 17.0 Å². The van der Waals surface area contributed by atoms with Crippen LogP contribution in [-0.4, -0.2) is 42.2 Å². The number of aryl methyl sites for hydroxylation is 1. The summed E-state index contributed by atoms with van der Waals surface area (Å²) in [5.41, 5.74) is 2.35. The first-order chi connectivity index (χ1) is 24.7. The number of nitro groups is 1. The van der Waals surface area contributed by atoms with Gasteiger partial charge >= 0.3 is 0 Å². The van der Waals surface area contributed by atoms with Crippen molar-refractivity contribution in [1.29, 1.82) is 0 Å². The van der Waals surface area contributed by atoms with Gasteiger partial charge in [0.2, 0.25) is 10.3 Å². The lowest BCUT2D eigenvalue weighted by atomic mass is 10.1. The second-order valence-corrected chi connectivity index (χ2v) is 17.2. The smallest absolute Gasteiger partial charge is 0.258 e. The molecule has 0 amide bonds. The number of nitrogens with one attached hydrogen (secondary N) is 2. The van der Waals surface area contributed by atoms with Gasteiger partial charge in [0.15, 0.2) is 10.0 Å². The molecule has 0 spiro atoms. The summed E-state index contributed by atoms with van der Waals surface area (Å²) in [6.07, 6.45) is 1.94. The Morgan fingerprint density at radius 3 is 1.90 bits per heavy atom. The number of anilines is 2. The number of sulfonamides is 2. The highest BCUT2D eigenvalue weighted by Crippen LogP contribution is 2.36. The van der Waals surface area contributed by atoms with E-state index in [1.54, 1.807) is 31.2 Å². The standard InChI is InChI=1S/C17H16ClN3O2S2.C15H10Cl2N4O4S2/c1-2-5-12-8-10-13(11-9-12)25(22,23)21-17-20-19-16(24-17)14-6-3-4-7-15(14)18;1-8-11(16)3-2-4-13(8)27(24,25)20-15-19-18-14(26-15)10-7-9(21(22)23)5-6-12(10)17/h3-4,6-11H,2,5H2,1H3,(H,20,21);2-7H,1H3,(H,19,20). The molecule has 0 atom stereocenters. The van der Waals surface area contributed by atoms with Crippen LogP contribution in [-0.2, 0) is 26.5 Å². The summed E-state index contributed by atoms with van der Waals surface area (Å²) in [5, 5.41) is 28.6. The molecule has 0 radical (unpaired) electrons. The lowest BCUT2D eigenvalue weighted by molar-refractivity contribution is -0.384. The predicted molar refractivity (Wildman–Crippen MR) is 206 cm³/mol. The lowest BCUT2D eigenvalue weighted by Gasteiger charge is -2.08. The zero-order chi connectivity index (χ0) is 37.6. The van der Waals surface area contributed by atoms with Crippen molar-refractivity contribution in [3.05, 3.63) is 121 Å². The molecule has 6 rings (SSSR count). The second kappa shape index (κ2) is 16.6. The first kappa shape index (κ1) is 39.0. The van der Waals surface area contributed by atoms with E-state index in [0.29, 0.717) is 20.6 Å². The van der Waals surface area contributed by atoms with Crippen LogP contribution >= 0.6 is 57.5 Å². The van der Waals surface area contributed by atoms with Gasteiger partial charge in [-0.2, -0.15) is 0 Å². The first-order valence-electron chi connectivity index (χ1n) is 14.9. The number of hydrogen-bond donors (Lipinski definition) is 2. The lowest BCUT2D eigenvalue weighted by Crippen LogP contribution is -2.14. The van der Waals surface area contributed by atoms with Crippen LogP contribution in [0.4, 0.5) is 16.0 Å². The van der Waals surface area contributed by atoms with Crippen LogP contribution < -0.4 is 9.44 Å². The number of nitro benzene ring substituents is 1. The van der Waals surface area contributed by atoms with Crippen molar-refractivity contribution in [2.75, 3.05) is 9.44 Å². The number of rotatable bonds is 11. The summed E-state index contributed by atoms with van der Waals surface area (Å²) in [6.45, 7) is 3.67. The normalized spacial score (nSPS) is 11.4. The Morgan fingerprint density at radius 2 is 1.29 bits per heavy atom. The van der Waals surface area contributed by atoms with E-state index < -0.39 is 25.0 Å². The minimum Gasteiger partial charge on any atom is -0.258 e. The van der Waals surface area contributed by atoms with Gasteiger partial charge in [0, 0.05) is 28.3 Å². The number of aromatic nitrogens is 4. The molecular formula is C32H26Cl3N7O6S4. The van der Waals surface area contributed by atoms with Crippen LogP contribution in [0.3, 0.4) is 0 Å². The molecule has 0 aliphatic rings. The van der Waals surface area contributed by atoms with Crippen LogP contribution in [0.1, 0.15) is 24.5 Å². The molecule has 52 heavy (non-hydrogen) atoms. The quantitative estimate of drug-likeness (QED) is 0.0941. The van der Waals surface area contributed by atoms with E-state index in [0.717, 1.165) is 46.6 Å². The van der Waals surface area contributed by atoms with Crippen molar-refractivity contribution in [3.8, 4) is 21.1 Å². The fourth-order valence-electron chi connectivity index (χ4n) is 4.52. The molecule has 2 heterocycles. The Balaban J connectivity index is 0.000000202. The number of non-ortho nitro benzene ring substituents is 1. The SMILES string of the molecule is CCCc1ccc(S(=O)(=O)Nc2nnc(-c3ccccc3Cl)s2)cc1.Cc1c(Cl)cccc1S(=O)(=O)Nc1nnc(-c2cc([N+](=O)[O-])ccc2Cl)s1. The maximum absolute atomic E-state index is 12.6. The second-order valence-electron chi connectivity index (χ2n) is 10.7. The fraction of sp³-hybridized carbons (Fsp3) is 0.125. The van der Waals surface area contributed by atoms with Gasteiger partial charge in [-0.05, 0) is 60.9 Å². The molecule has 0 bridgehead atoms. The number of halogens is 3. The molecule has 0 aliphatic carbocycles. The highest BCUT2D eigenvalue weighted by Gasteiger charge is 2.22. The van der Waals surface area contributed by atoms with E-state index in [-0.39, 0.29) is 41.3 Å². The molecule has 2 N–H and O–H groups in total. The number of benzene rings is 4. The van der Waals surface area contributed by atoms with Crippen LogP contribution in [0.15, 0.2) is 94.7 Å². The van der Waals surface area contributed by atoms with Gasteiger partial charge in [-0.15, -0.1) is 20.4 Å². The van der Waals surface area contributed by atoms with Gasteiger partial charge in [0.25, 0.3) is 25.7 Å². The maximum atomic E-state index is 12.6. The molecule has 270 valence electrons. The Hall–Kier alpha value is -4.23. The third-order valence-corrected chi connectivity index (χ3v) is 13.0. The summed E-state index contributed by atoms with van der Waals surface area (Å²) >= 11 is 20.2. The topological polar surface area (TPSA) is 187 Å². The van der Waals surface area contributed by atoms with E-state index in [1.807, 2.05) is 30.3 Å². The summed E-state index contributed by atoms with van der Waals surface area (Å²) in [7, 11) is -7.63. The van der Waals surface area contributed by atoms with E-state index in [1.165, 1.54) is 30.3 Å². The van der Waals surface area contributed by atoms with Crippen LogP contribution in [0.25, 0.3) is 21.1 Å². The van der Waals surface area contributed by atoms with Crippen molar-refractivity contribution in [3.63, 3.8) is 0 Å². The molecule has 6 aromatic rings. The third kappa shape index (κ3) is 9.40. The molecule has 4 aromatic carbocycles. The number of nitrogens with zero attached hydrogens (tertiary/aromatic N) is 5. The summed E-state index contributed by atoms with van der Waals surface area (Å²) in [4.78, 5) is 10.6. The zero-order valence-electron chi connectivity index (χ0n) is 26.9. The summed E-state index contributed by atoms with van der Waals surface area (Å²) in [5.74, 6) is 0. The van der Waals surface area contributed by atoms with E-state index in [2.05, 4.69) is 36.8 Å². The Labute approximate surface area is 321 Å². The largest absolute Gasteiger partial charge is 0.270 e. The average molecular weight is 839 g/mol. The maximum Gasteiger partial charge on any atom is 0.270 e. The van der Waals surface area contributed by atoms with Gasteiger partial charge in [-0.3, -0.25) is 19.6 Å². The average Bonchev–Trinajstić information content (AvgIpc) is 3.76. The van der Waals surface area contributed by atoms with Gasteiger partial charge in [-0.25, -0.2) is 16.8 Å². The highest BCUT2D eigenvalue weighted by atomic mass is 35.5. The van der Waals surface area contributed by atoms with Gasteiger partial charge in [0.05, 0.1) is 24.8 Å². The molecule has 20 heteroatoms. The zero-order valence-corrected chi connectivity index (χ0v) is 32.5. The van der Waals surface area contributed by atoms with E-state index in [4.69, 9.17) is 34.8 Å². The van der Waals surface area contributed by atoms with E-state index >= 15 is 0 Å². The van der Waals surface area contributed by atoms with Crippen molar-refractivity contribution in [2.24, 2.45) is 0 Å². The first-order valence-corrected chi connectivity index (χ1v) is 20.7. The highest BCUT2D eigenvalue weighted by molar-refractivity contribution is 7.93. The molecule has 0 fully saturated rings. The van der Waals surface area contributed by atoms with Crippen molar-refractivity contribution < 1.29 is 21.8 Å². The summed E-state index contributed by atoms with van der Waals surface area (Å²) < 4.78 is 54.9. The van der Waals surface area contributed by atoms with Gasteiger partial charge in [-0.1, -0.05) is 107 Å². The molecular weight excluding hydrogens is 813 g/mol. The van der Waals surface area contributed by atoms with Crippen LogP contribution in [0.5, 0.6) is 0 Å². The minimum absolute atomic E-state index is 0.00746. The monoisotopic (exact) mass is 837 g/mol. The Kier molecular flexibility index (Phi) is 12.5. The number of hydrogen-bond acceptors (Lipinski definition) is 12. The summed E-state index contributed by atoms with van der Waals surface area (Å²) in [6, 6.07) is 22.5. The minimum atomic E-state index is -3.93. The van der Waals surface area contributed by atoms with Gasteiger partial charge < -0.3 is 0 Å². The van der Waals surface area contributed by atoms with Crippen molar-refractivity contribution in [1.82, 2.24) is 20.4 Å². The Bertz CT molecular complexity index is 2460. The Morgan fingerprint density at radius 1 is 0.712 bits per heavy atom. The van der Waals surface area contributed by atoms with Crippen LogP contribution in [0.2, 0.25) is 15.1 Å². The predicted octanol–water partition coefficient (Wildman–Crippen LogP) is 9.14. The third-order valence-electron chi connectivity index (χ3n) is 7.07. The van der Waals surface area contributed by atoms with Crippen molar-refractivity contribution in [2.45, 2.75) is 36.5 Å². The molecule has 0 saturated heterocycles. The molecule has 0 aliphatic heterocycles.